The van der Waals surface area contributed by atoms with E-state index in [9.17, 15) is 4.79 Å². The second-order valence-corrected chi connectivity index (χ2v) is 4.38. The summed E-state index contributed by atoms with van der Waals surface area (Å²) in [5, 5.41) is 10.2. The van der Waals surface area contributed by atoms with Crippen molar-refractivity contribution in [1.29, 1.82) is 5.41 Å². The van der Waals surface area contributed by atoms with Crippen LogP contribution in [-0.4, -0.2) is 25.7 Å². The number of hydrogen-bond acceptors (Lipinski definition) is 4. The molecule has 2 N–H and O–H groups in total. The zero-order valence-electron chi connectivity index (χ0n) is 11.5. The first-order valence-corrected chi connectivity index (χ1v) is 6.15. The van der Waals surface area contributed by atoms with E-state index >= 15 is 0 Å². The highest BCUT2D eigenvalue weighted by Gasteiger charge is 2.18. The van der Waals surface area contributed by atoms with E-state index in [-0.39, 0.29) is 12.0 Å². The smallest absolute Gasteiger partial charge is 0.129 e. The van der Waals surface area contributed by atoms with E-state index in [4.69, 9.17) is 10.1 Å². The average Bonchev–Trinajstić information content (AvgIpc) is 2.40. The monoisotopic (exact) mass is 260 g/mol. The van der Waals surface area contributed by atoms with Crippen LogP contribution in [-0.2, 0) is 4.79 Å². The molecule has 0 aromatic heterocycles. The Balaban J connectivity index is 2.83. The van der Waals surface area contributed by atoms with Gasteiger partial charge in [0.2, 0.25) is 0 Å². The van der Waals surface area contributed by atoms with Gasteiger partial charge in [0.05, 0.1) is 13.0 Å². The normalized spacial score (nSPS) is 14.4. The second-order valence-electron chi connectivity index (χ2n) is 4.38. The summed E-state index contributed by atoms with van der Waals surface area (Å²) < 4.78 is 5.10. The van der Waals surface area contributed by atoms with Crippen LogP contribution >= 0.6 is 0 Å². The molecule has 1 aromatic carbocycles. The van der Waals surface area contributed by atoms with Crippen LogP contribution in [0.4, 0.5) is 0 Å². The lowest BCUT2D eigenvalue weighted by Crippen LogP contribution is -2.31. The van der Waals surface area contributed by atoms with E-state index in [1.807, 2.05) is 38.1 Å². The molecule has 0 aliphatic carbocycles. The van der Waals surface area contributed by atoms with Crippen LogP contribution in [0.2, 0.25) is 0 Å². The van der Waals surface area contributed by atoms with E-state index in [2.05, 4.69) is 5.32 Å². The number of rotatable bonds is 7. The number of carbonyl (C=O) groups excluding carboxylic acids is 1. The molecule has 0 heterocycles. The van der Waals surface area contributed by atoms with Crippen LogP contribution in [0.5, 0.6) is 5.75 Å². The summed E-state index contributed by atoms with van der Waals surface area (Å²) >= 11 is 0. The van der Waals surface area contributed by atoms with E-state index < -0.39 is 0 Å². The molecule has 1 aromatic rings. The lowest BCUT2D eigenvalue weighted by Gasteiger charge is -2.22. The summed E-state index contributed by atoms with van der Waals surface area (Å²) in [5.41, 5.74) is 1.81. The van der Waals surface area contributed by atoms with Gasteiger partial charge in [-0.3, -0.25) is 0 Å². The van der Waals surface area contributed by atoms with Gasteiger partial charge in [0.25, 0.3) is 0 Å². The third-order valence-electron chi connectivity index (χ3n) is 2.97. The van der Waals surface area contributed by atoms with Crippen molar-refractivity contribution in [2.75, 3.05) is 7.11 Å². The van der Waals surface area contributed by atoms with E-state index in [0.717, 1.165) is 23.3 Å². The topological polar surface area (TPSA) is 62.2 Å². The van der Waals surface area contributed by atoms with Crippen molar-refractivity contribution in [2.45, 2.75) is 25.8 Å². The van der Waals surface area contributed by atoms with Gasteiger partial charge in [-0.1, -0.05) is 12.1 Å². The van der Waals surface area contributed by atoms with Gasteiger partial charge in [-0.05, 0) is 37.6 Å². The maximum Gasteiger partial charge on any atom is 0.129 e. The first-order chi connectivity index (χ1) is 9.12. The van der Waals surface area contributed by atoms with Crippen LogP contribution in [0, 0.1) is 5.41 Å². The number of benzene rings is 1. The highest BCUT2D eigenvalue weighted by Crippen LogP contribution is 2.21. The van der Waals surface area contributed by atoms with Gasteiger partial charge in [-0.2, -0.15) is 0 Å². The van der Waals surface area contributed by atoms with Crippen LogP contribution in [0.1, 0.15) is 25.3 Å². The van der Waals surface area contributed by atoms with Crippen LogP contribution in [0.25, 0.3) is 0 Å². The predicted octanol–water partition coefficient (Wildman–Crippen LogP) is 2.51. The molecule has 0 spiro atoms. The summed E-state index contributed by atoms with van der Waals surface area (Å²) in [6, 6.07) is 7.44. The predicted molar refractivity (Wildman–Crippen MR) is 76.9 cm³/mol. The Labute approximate surface area is 114 Å². The number of ether oxygens (including phenoxy) is 1. The molecule has 0 saturated heterocycles. The van der Waals surface area contributed by atoms with E-state index in [1.54, 1.807) is 13.2 Å². The molecule has 4 nitrogen and oxygen atoms in total. The molecule has 0 saturated carbocycles. The Morgan fingerprint density at radius 3 is 2.47 bits per heavy atom. The molecule has 0 radical (unpaired) electrons. The molecule has 0 fully saturated rings. The molecule has 4 heteroatoms. The van der Waals surface area contributed by atoms with Crippen molar-refractivity contribution in [2.24, 2.45) is 0 Å². The molecule has 102 valence electrons. The quantitative estimate of drug-likeness (QED) is 0.585. The van der Waals surface area contributed by atoms with Crippen LogP contribution in [0.15, 0.2) is 36.0 Å². The second kappa shape index (κ2) is 7.36. The Bertz CT molecular complexity index is 452. The van der Waals surface area contributed by atoms with Crippen molar-refractivity contribution in [3.8, 4) is 5.75 Å². The zero-order chi connectivity index (χ0) is 14.3. The third kappa shape index (κ3) is 4.25. The Kier molecular flexibility index (Phi) is 5.79. The lowest BCUT2D eigenvalue weighted by atomic mass is 9.93. The molecule has 0 amide bonds. The zero-order valence-corrected chi connectivity index (χ0v) is 11.5. The Hall–Kier alpha value is -2.10. The van der Waals surface area contributed by atoms with Gasteiger partial charge in [-0.15, -0.1) is 0 Å². The Morgan fingerprint density at radius 2 is 2.00 bits per heavy atom. The van der Waals surface area contributed by atoms with Gasteiger partial charge in [0.1, 0.15) is 12.0 Å². The largest absolute Gasteiger partial charge is 0.497 e. The van der Waals surface area contributed by atoms with Gasteiger partial charge >= 0.3 is 0 Å². The van der Waals surface area contributed by atoms with Gasteiger partial charge in [-0.25, -0.2) is 0 Å². The standard InChI is InChI=1S/C15H20N2O2/c1-11(8-9-16)17-12(2)15(10-18)13-4-6-14(19-3)7-5-13/h4-10,12,15-17H,1-3H3/b11-8-,16-9?. The molecule has 0 aliphatic rings. The Morgan fingerprint density at radius 1 is 1.37 bits per heavy atom. The minimum atomic E-state index is -0.236. The van der Waals surface area contributed by atoms with Crippen LogP contribution in [0.3, 0.4) is 0 Å². The molecular weight excluding hydrogens is 240 g/mol. The van der Waals surface area contributed by atoms with Crippen molar-refractivity contribution >= 4 is 12.5 Å². The lowest BCUT2D eigenvalue weighted by molar-refractivity contribution is -0.109. The number of methoxy groups -OCH3 is 1. The first kappa shape index (κ1) is 15.0. The van der Waals surface area contributed by atoms with Crippen LogP contribution < -0.4 is 10.1 Å². The molecule has 2 atom stereocenters. The fourth-order valence-electron chi connectivity index (χ4n) is 1.93. The minimum absolute atomic E-state index is 0.0397. The maximum absolute atomic E-state index is 11.3. The maximum atomic E-state index is 11.3. The molecule has 1 rings (SSSR count). The summed E-state index contributed by atoms with van der Waals surface area (Å²) in [6.07, 6.45) is 3.82. The van der Waals surface area contributed by atoms with Crippen molar-refractivity contribution in [3.63, 3.8) is 0 Å². The summed E-state index contributed by atoms with van der Waals surface area (Å²) in [4.78, 5) is 11.3. The number of allylic oxidation sites excluding steroid dienone is 2. The molecule has 0 bridgehead atoms. The van der Waals surface area contributed by atoms with Gasteiger partial charge < -0.3 is 20.3 Å². The highest BCUT2D eigenvalue weighted by atomic mass is 16.5. The number of nitrogens with one attached hydrogen (secondary N) is 2. The number of carbonyl (C=O) groups is 1. The fourth-order valence-corrected chi connectivity index (χ4v) is 1.93. The minimum Gasteiger partial charge on any atom is -0.497 e. The summed E-state index contributed by atoms with van der Waals surface area (Å²) in [7, 11) is 1.61. The van der Waals surface area contributed by atoms with Crippen molar-refractivity contribution < 1.29 is 9.53 Å². The molecule has 2 unspecified atom stereocenters. The van der Waals surface area contributed by atoms with Gasteiger partial charge in [0.15, 0.2) is 0 Å². The van der Waals surface area contributed by atoms with E-state index in [0.29, 0.717) is 0 Å². The molecule has 0 aliphatic heterocycles. The third-order valence-corrected chi connectivity index (χ3v) is 2.97. The SMILES string of the molecule is COc1ccc(C(C=O)C(C)N/C(C)=C\C=N)cc1. The molecule has 19 heavy (non-hydrogen) atoms. The van der Waals surface area contributed by atoms with Gasteiger partial charge in [0, 0.05) is 18.0 Å². The molecular formula is C15H20N2O2. The number of hydrogen-bond donors (Lipinski definition) is 2. The van der Waals surface area contributed by atoms with Crippen molar-refractivity contribution in [1.82, 2.24) is 5.32 Å². The highest BCUT2D eigenvalue weighted by molar-refractivity contribution is 5.68. The van der Waals surface area contributed by atoms with E-state index in [1.165, 1.54) is 6.21 Å². The fraction of sp³-hybridized carbons (Fsp3) is 0.333. The summed E-state index contributed by atoms with van der Waals surface area (Å²) in [5.74, 6) is 0.536. The summed E-state index contributed by atoms with van der Waals surface area (Å²) in [6.45, 7) is 3.82. The number of aldehydes is 1. The first-order valence-electron chi connectivity index (χ1n) is 6.15. The average molecular weight is 260 g/mol. The van der Waals surface area contributed by atoms with Crippen molar-refractivity contribution in [3.05, 3.63) is 41.6 Å².